The van der Waals surface area contributed by atoms with E-state index in [1.54, 1.807) is 0 Å². The Bertz CT molecular complexity index is 968. The summed E-state index contributed by atoms with van der Waals surface area (Å²) in [6.07, 6.45) is -3.10. The van der Waals surface area contributed by atoms with Gasteiger partial charge in [-0.05, 0) is 30.7 Å². The van der Waals surface area contributed by atoms with Gasteiger partial charge in [0.25, 0.3) is 5.91 Å². The third-order valence-electron chi connectivity index (χ3n) is 4.20. The third-order valence-corrected chi connectivity index (χ3v) is 4.20. The van der Waals surface area contributed by atoms with Gasteiger partial charge in [-0.2, -0.15) is 18.3 Å². The first kappa shape index (κ1) is 19.5. The number of methoxy groups -OCH3 is 1. The fourth-order valence-corrected chi connectivity index (χ4v) is 2.71. The van der Waals surface area contributed by atoms with Crippen LogP contribution in [-0.4, -0.2) is 22.8 Å². The second kappa shape index (κ2) is 7.75. The van der Waals surface area contributed by atoms with E-state index in [0.717, 1.165) is 17.7 Å². The molecular formula is C20H18F3N3O2. The van der Waals surface area contributed by atoms with Crippen molar-refractivity contribution >= 4 is 5.91 Å². The van der Waals surface area contributed by atoms with Gasteiger partial charge < -0.3 is 10.1 Å². The summed E-state index contributed by atoms with van der Waals surface area (Å²) < 4.78 is 45.2. The molecule has 0 aliphatic carbocycles. The van der Waals surface area contributed by atoms with Crippen LogP contribution in [0.4, 0.5) is 13.2 Å². The molecule has 0 fully saturated rings. The number of carbonyl (C=O) groups is 1. The molecule has 1 heterocycles. The second-order valence-electron chi connectivity index (χ2n) is 6.14. The van der Waals surface area contributed by atoms with E-state index < -0.39 is 17.6 Å². The van der Waals surface area contributed by atoms with Crippen molar-refractivity contribution in [2.24, 2.45) is 0 Å². The maximum absolute atomic E-state index is 12.9. The van der Waals surface area contributed by atoms with Crippen LogP contribution >= 0.6 is 0 Å². The van der Waals surface area contributed by atoms with Gasteiger partial charge >= 0.3 is 6.18 Å². The Balaban J connectivity index is 1.88. The Morgan fingerprint density at radius 1 is 1.14 bits per heavy atom. The Labute approximate surface area is 159 Å². The standard InChI is InChI=1S/C20H18F3N3O2/c1-13(14-7-4-3-5-8-14)24-19(27)18-17(28-2)12-26(25-18)16-10-6-9-15(11-16)20(21,22)23/h3-13H,1-2H3,(H,24,27). The molecule has 5 nitrogen and oxygen atoms in total. The van der Waals surface area contributed by atoms with Crippen molar-refractivity contribution in [3.05, 3.63) is 77.6 Å². The number of benzene rings is 2. The van der Waals surface area contributed by atoms with E-state index in [2.05, 4.69) is 10.4 Å². The lowest BCUT2D eigenvalue weighted by atomic mass is 10.1. The molecule has 1 N–H and O–H groups in total. The average Bonchev–Trinajstić information content (AvgIpc) is 3.13. The quantitative estimate of drug-likeness (QED) is 0.704. The molecule has 146 valence electrons. The molecule has 0 radical (unpaired) electrons. The first-order valence-corrected chi connectivity index (χ1v) is 8.46. The highest BCUT2D eigenvalue weighted by molar-refractivity contribution is 5.95. The summed E-state index contributed by atoms with van der Waals surface area (Å²) in [6.45, 7) is 1.82. The van der Waals surface area contributed by atoms with Gasteiger partial charge in [0.1, 0.15) is 0 Å². The smallest absolute Gasteiger partial charge is 0.416 e. The number of hydrogen-bond donors (Lipinski definition) is 1. The number of rotatable bonds is 5. The van der Waals surface area contributed by atoms with Crippen molar-refractivity contribution in [1.29, 1.82) is 0 Å². The molecule has 2 aromatic carbocycles. The summed E-state index contributed by atoms with van der Waals surface area (Å²) in [5, 5.41) is 6.95. The van der Waals surface area contributed by atoms with Crippen molar-refractivity contribution in [2.75, 3.05) is 7.11 Å². The van der Waals surface area contributed by atoms with E-state index in [0.29, 0.717) is 0 Å². The molecule has 28 heavy (non-hydrogen) atoms. The Morgan fingerprint density at radius 2 is 1.86 bits per heavy atom. The van der Waals surface area contributed by atoms with Crippen LogP contribution in [-0.2, 0) is 6.18 Å². The number of nitrogens with zero attached hydrogens (tertiary/aromatic N) is 2. The maximum Gasteiger partial charge on any atom is 0.416 e. The van der Waals surface area contributed by atoms with E-state index >= 15 is 0 Å². The molecule has 1 amide bonds. The molecule has 1 atom stereocenters. The van der Waals surface area contributed by atoms with Crippen molar-refractivity contribution in [2.45, 2.75) is 19.1 Å². The molecule has 0 aliphatic rings. The predicted molar refractivity (Wildman–Crippen MR) is 97.4 cm³/mol. The number of ether oxygens (including phenoxy) is 1. The van der Waals surface area contributed by atoms with Gasteiger partial charge in [-0.25, -0.2) is 4.68 Å². The van der Waals surface area contributed by atoms with E-state index in [1.807, 2.05) is 37.3 Å². The van der Waals surface area contributed by atoms with Gasteiger partial charge in [-0.1, -0.05) is 36.4 Å². The monoisotopic (exact) mass is 389 g/mol. The van der Waals surface area contributed by atoms with E-state index in [-0.39, 0.29) is 23.2 Å². The fourth-order valence-electron chi connectivity index (χ4n) is 2.71. The minimum Gasteiger partial charge on any atom is -0.493 e. The van der Waals surface area contributed by atoms with Crippen LogP contribution in [0.25, 0.3) is 5.69 Å². The zero-order valence-electron chi connectivity index (χ0n) is 15.2. The number of aromatic nitrogens is 2. The highest BCUT2D eigenvalue weighted by Crippen LogP contribution is 2.30. The van der Waals surface area contributed by atoms with E-state index in [1.165, 1.54) is 30.1 Å². The SMILES string of the molecule is COc1cn(-c2cccc(C(F)(F)F)c2)nc1C(=O)NC(C)c1ccccc1. The lowest BCUT2D eigenvalue weighted by molar-refractivity contribution is -0.137. The predicted octanol–water partition coefficient (Wildman–Crippen LogP) is 4.39. The minimum atomic E-state index is -4.47. The summed E-state index contributed by atoms with van der Waals surface area (Å²) in [6, 6.07) is 13.8. The zero-order valence-corrected chi connectivity index (χ0v) is 15.2. The molecule has 3 aromatic rings. The number of hydrogen-bond acceptors (Lipinski definition) is 3. The van der Waals surface area contributed by atoms with Gasteiger partial charge in [0.15, 0.2) is 11.4 Å². The fraction of sp³-hybridized carbons (Fsp3) is 0.200. The Hall–Kier alpha value is -3.29. The van der Waals surface area contributed by atoms with Gasteiger partial charge in [-0.15, -0.1) is 0 Å². The molecule has 0 aliphatic heterocycles. The summed E-state index contributed by atoms with van der Waals surface area (Å²) in [4.78, 5) is 12.6. The van der Waals surface area contributed by atoms with Crippen molar-refractivity contribution < 1.29 is 22.7 Å². The summed E-state index contributed by atoms with van der Waals surface area (Å²) in [7, 11) is 1.37. The number of carbonyl (C=O) groups excluding carboxylic acids is 1. The summed E-state index contributed by atoms with van der Waals surface area (Å²) in [5.74, 6) is -0.325. The van der Waals surface area contributed by atoms with Gasteiger partial charge in [-0.3, -0.25) is 4.79 Å². The van der Waals surface area contributed by atoms with Crippen LogP contribution in [0, 0.1) is 0 Å². The number of amides is 1. The van der Waals surface area contributed by atoms with E-state index in [4.69, 9.17) is 4.74 Å². The number of nitrogens with one attached hydrogen (secondary N) is 1. The van der Waals surface area contributed by atoms with Crippen LogP contribution in [0.2, 0.25) is 0 Å². The lowest BCUT2D eigenvalue weighted by Crippen LogP contribution is -2.27. The molecule has 1 unspecified atom stereocenters. The summed E-state index contributed by atoms with van der Waals surface area (Å²) in [5.41, 5.74) is 0.265. The summed E-state index contributed by atoms with van der Waals surface area (Å²) >= 11 is 0. The number of alkyl halides is 3. The molecule has 0 saturated heterocycles. The average molecular weight is 389 g/mol. The first-order chi connectivity index (χ1) is 13.3. The largest absolute Gasteiger partial charge is 0.493 e. The minimum absolute atomic E-state index is 0.0114. The van der Waals surface area contributed by atoms with Crippen LogP contribution in [0.1, 0.15) is 34.6 Å². The Kier molecular flexibility index (Phi) is 5.39. The Morgan fingerprint density at radius 3 is 2.50 bits per heavy atom. The van der Waals surface area contributed by atoms with Gasteiger partial charge in [0.2, 0.25) is 0 Å². The van der Waals surface area contributed by atoms with Gasteiger partial charge in [0, 0.05) is 0 Å². The first-order valence-electron chi connectivity index (χ1n) is 8.46. The lowest BCUT2D eigenvalue weighted by Gasteiger charge is -2.13. The number of halogens is 3. The normalized spacial score (nSPS) is 12.5. The van der Waals surface area contributed by atoms with Crippen molar-refractivity contribution in [3.8, 4) is 11.4 Å². The second-order valence-corrected chi connectivity index (χ2v) is 6.14. The molecule has 3 rings (SSSR count). The highest BCUT2D eigenvalue weighted by atomic mass is 19.4. The van der Waals surface area contributed by atoms with Crippen LogP contribution in [0.3, 0.4) is 0 Å². The molecule has 8 heteroatoms. The van der Waals surface area contributed by atoms with Crippen LogP contribution in [0.5, 0.6) is 5.75 Å². The van der Waals surface area contributed by atoms with E-state index in [9.17, 15) is 18.0 Å². The third kappa shape index (κ3) is 4.16. The zero-order chi connectivity index (χ0) is 20.3. The van der Waals surface area contributed by atoms with Crippen LogP contribution < -0.4 is 10.1 Å². The van der Waals surface area contributed by atoms with Crippen molar-refractivity contribution in [1.82, 2.24) is 15.1 Å². The molecule has 0 bridgehead atoms. The highest BCUT2D eigenvalue weighted by Gasteiger charge is 2.31. The van der Waals surface area contributed by atoms with Crippen LogP contribution in [0.15, 0.2) is 60.8 Å². The maximum atomic E-state index is 12.9. The molecular weight excluding hydrogens is 371 g/mol. The molecule has 0 spiro atoms. The molecule has 0 saturated carbocycles. The molecule has 1 aromatic heterocycles. The topological polar surface area (TPSA) is 56.2 Å². The van der Waals surface area contributed by atoms with Gasteiger partial charge in [0.05, 0.1) is 30.6 Å². The van der Waals surface area contributed by atoms with Crippen molar-refractivity contribution in [3.63, 3.8) is 0 Å².